The van der Waals surface area contributed by atoms with Gasteiger partial charge < -0.3 is 5.32 Å². The van der Waals surface area contributed by atoms with Gasteiger partial charge in [-0.25, -0.2) is 0 Å². The Bertz CT molecular complexity index is 1100. The first-order valence-corrected chi connectivity index (χ1v) is 8.68. The molecule has 0 amide bonds. The van der Waals surface area contributed by atoms with Crippen LogP contribution in [0.3, 0.4) is 0 Å². The second-order valence-corrected chi connectivity index (χ2v) is 6.10. The minimum atomic E-state index is -0.0339. The molecule has 2 aromatic heterocycles. The molecule has 2 aromatic carbocycles. The molecule has 0 saturated carbocycles. The third kappa shape index (κ3) is 2.86. The van der Waals surface area contributed by atoms with Crippen molar-refractivity contribution >= 4 is 22.4 Å². The number of nitrogens with zero attached hydrogens (tertiary/aromatic N) is 2. The Labute approximate surface area is 151 Å². The third-order valence-corrected chi connectivity index (χ3v) is 4.43. The number of aromatic nitrogens is 2. The SMILES string of the molecule is CCc1cncc2c(=O)cc(Nc3ccccc3)n(-c3ccccc3)c12. The van der Waals surface area contributed by atoms with Gasteiger partial charge >= 0.3 is 0 Å². The summed E-state index contributed by atoms with van der Waals surface area (Å²) in [6.07, 6.45) is 4.29. The van der Waals surface area contributed by atoms with E-state index in [1.165, 1.54) is 0 Å². The Morgan fingerprint density at radius 1 is 0.962 bits per heavy atom. The van der Waals surface area contributed by atoms with Crippen LogP contribution in [-0.2, 0) is 6.42 Å². The van der Waals surface area contributed by atoms with Gasteiger partial charge in [0, 0.05) is 29.8 Å². The highest BCUT2D eigenvalue weighted by Gasteiger charge is 2.14. The van der Waals surface area contributed by atoms with E-state index in [0.29, 0.717) is 5.39 Å². The van der Waals surface area contributed by atoms with Gasteiger partial charge in [-0.3, -0.25) is 14.3 Å². The average molecular weight is 341 g/mol. The number of anilines is 2. The van der Waals surface area contributed by atoms with Gasteiger partial charge in [0.1, 0.15) is 5.82 Å². The standard InChI is InChI=1S/C22H19N3O/c1-2-16-14-23-15-19-20(26)13-21(24-17-9-5-3-6-10-17)25(22(16)19)18-11-7-4-8-12-18/h3-15,24H,2H2,1H3. The predicted octanol–water partition coefficient (Wildman–Crippen LogP) is 4.69. The summed E-state index contributed by atoms with van der Waals surface area (Å²) < 4.78 is 2.10. The van der Waals surface area contributed by atoms with Crippen molar-refractivity contribution < 1.29 is 0 Å². The maximum absolute atomic E-state index is 12.7. The number of hydrogen-bond acceptors (Lipinski definition) is 3. The first kappa shape index (κ1) is 16.1. The molecule has 2 heterocycles. The summed E-state index contributed by atoms with van der Waals surface area (Å²) in [5.41, 5.74) is 3.84. The largest absolute Gasteiger partial charge is 0.341 e. The molecule has 0 bridgehead atoms. The minimum absolute atomic E-state index is 0.0339. The topological polar surface area (TPSA) is 46.9 Å². The summed E-state index contributed by atoms with van der Waals surface area (Å²) in [4.78, 5) is 17.0. The summed E-state index contributed by atoms with van der Waals surface area (Å²) in [7, 11) is 0. The highest BCUT2D eigenvalue weighted by molar-refractivity contribution is 5.86. The normalized spacial score (nSPS) is 10.8. The van der Waals surface area contributed by atoms with Crippen molar-refractivity contribution in [1.29, 1.82) is 0 Å². The van der Waals surface area contributed by atoms with Gasteiger partial charge in [0.2, 0.25) is 0 Å². The number of pyridine rings is 2. The number of aryl methyl sites for hydroxylation is 1. The molecule has 0 aliphatic carbocycles. The second-order valence-electron chi connectivity index (χ2n) is 6.10. The molecule has 128 valence electrons. The van der Waals surface area contributed by atoms with Gasteiger partial charge in [-0.05, 0) is 36.2 Å². The lowest BCUT2D eigenvalue weighted by Crippen LogP contribution is -2.14. The van der Waals surface area contributed by atoms with Crippen LogP contribution in [0.4, 0.5) is 11.5 Å². The fourth-order valence-electron chi connectivity index (χ4n) is 3.19. The molecule has 0 radical (unpaired) electrons. The van der Waals surface area contributed by atoms with E-state index in [9.17, 15) is 4.79 Å². The molecule has 0 atom stereocenters. The highest BCUT2D eigenvalue weighted by Crippen LogP contribution is 2.27. The van der Waals surface area contributed by atoms with Crippen molar-refractivity contribution in [2.45, 2.75) is 13.3 Å². The summed E-state index contributed by atoms with van der Waals surface area (Å²) in [5.74, 6) is 0.737. The van der Waals surface area contributed by atoms with E-state index in [1.54, 1.807) is 12.3 Å². The molecule has 26 heavy (non-hydrogen) atoms. The molecule has 1 N–H and O–H groups in total. The van der Waals surface area contributed by atoms with E-state index in [1.807, 2.05) is 66.9 Å². The van der Waals surface area contributed by atoms with Crippen molar-refractivity contribution in [2.75, 3.05) is 5.32 Å². The molecule has 4 rings (SSSR count). The first-order valence-electron chi connectivity index (χ1n) is 8.68. The Kier molecular flexibility index (Phi) is 4.23. The lowest BCUT2D eigenvalue weighted by molar-refractivity contribution is 1.05. The van der Waals surface area contributed by atoms with Crippen LogP contribution in [-0.4, -0.2) is 9.55 Å². The van der Waals surface area contributed by atoms with E-state index in [-0.39, 0.29) is 5.43 Å². The van der Waals surface area contributed by atoms with E-state index in [4.69, 9.17) is 0 Å². The minimum Gasteiger partial charge on any atom is -0.341 e. The molecule has 0 fully saturated rings. The van der Waals surface area contributed by atoms with Gasteiger partial charge in [0.25, 0.3) is 0 Å². The molecule has 0 aliphatic rings. The number of para-hydroxylation sites is 2. The van der Waals surface area contributed by atoms with E-state index >= 15 is 0 Å². The molecule has 4 aromatic rings. The molecule has 0 spiro atoms. The summed E-state index contributed by atoms with van der Waals surface area (Å²) in [5, 5.41) is 4.03. The van der Waals surface area contributed by atoms with Gasteiger partial charge in [0.05, 0.1) is 10.9 Å². The summed E-state index contributed by atoms with van der Waals surface area (Å²) in [6.45, 7) is 2.08. The lowest BCUT2D eigenvalue weighted by atomic mass is 10.1. The number of benzene rings is 2. The molecule has 4 heteroatoms. The zero-order valence-electron chi connectivity index (χ0n) is 14.5. The molecule has 0 aliphatic heterocycles. The smallest absolute Gasteiger partial charge is 0.193 e. The number of rotatable bonds is 4. The zero-order valence-corrected chi connectivity index (χ0v) is 14.5. The van der Waals surface area contributed by atoms with Crippen LogP contribution in [0, 0.1) is 0 Å². The Hall–Kier alpha value is -3.40. The first-order chi connectivity index (χ1) is 12.8. The monoisotopic (exact) mass is 341 g/mol. The molecular formula is C22H19N3O. The Morgan fingerprint density at radius 2 is 1.65 bits per heavy atom. The third-order valence-electron chi connectivity index (χ3n) is 4.43. The molecule has 0 unspecified atom stereocenters. The number of fused-ring (bicyclic) bond motifs is 1. The Morgan fingerprint density at radius 3 is 2.35 bits per heavy atom. The van der Waals surface area contributed by atoms with Crippen LogP contribution in [0.15, 0.2) is 83.9 Å². The number of hydrogen-bond donors (Lipinski definition) is 1. The molecular weight excluding hydrogens is 322 g/mol. The predicted molar refractivity (Wildman–Crippen MR) is 106 cm³/mol. The van der Waals surface area contributed by atoms with Crippen LogP contribution in [0.1, 0.15) is 12.5 Å². The van der Waals surface area contributed by atoms with Crippen LogP contribution >= 0.6 is 0 Å². The van der Waals surface area contributed by atoms with E-state index in [0.717, 1.165) is 34.7 Å². The molecule has 0 saturated heterocycles. The van der Waals surface area contributed by atoms with Crippen LogP contribution in [0.2, 0.25) is 0 Å². The fraction of sp³-hybridized carbons (Fsp3) is 0.0909. The van der Waals surface area contributed by atoms with Crippen molar-refractivity contribution in [3.05, 3.63) is 94.9 Å². The summed E-state index contributed by atoms with van der Waals surface area (Å²) in [6, 6.07) is 21.6. The highest BCUT2D eigenvalue weighted by atomic mass is 16.1. The fourth-order valence-corrected chi connectivity index (χ4v) is 3.19. The quantitative estimate of drug-likeness (QED) is 0.586. The van der Waals surface area contributed by atoms with Crippen LogP contribution in [0.5, 0.6) is 0 Å². The van der Waals surface area contributed by atoms with Crippen molar-refractivity contribution in [3.63, 3.8) is 0 Å². The molecule has 4 nitrogen and oxygen atoms in total. The Balaban J connectivity index is 2.06. The van der Waals surface area contributed by atoms with E-state index in [2.05, 4.69) is 21.8 Å². The van der Waals surface area contributed by atoms with Crippen molar-refractivity contribution in [2.24, 2.45) is 0 Å². The maximum Gasteiger partial charge on any atom is 0.193 e. The van der Waals surface area contributed by atoms with Crippen molar-refractivity contribution in [3.8, 4) is 5.69 Å². The van der Waals surface area contributed by atoms with Gasteiger partial charge in [0.15, 0.2) is 5.43 Å². The second kappa shape index (κ2) is 6.84. The number of nitrogens with one attached hydrogen (secondary N) is 1. The summed E-state index contributed by atoms with van der Waals surface area (Å²) >= 11 is 0. The maximum atomic E-state index is 12.7. The zero-order chi connectivity index (χ0) is 17.9. The van der Waals surface area contributed by atoms with Crippen LogP contribution in [0.25, 0.3) is 16.6 Å². The average Bonchev–Trinajstić information content (AvgIpc) is 2.69. The van der Waals surface area contributed by atoms with Gasteiger partial charge in [-0.2, -0.15) is 0 Å². The van der Waals surface area contributed by atoms with Gasteiger partial charge in [-0.15, -0.1) is 0 Å². The van der Waals surface area contributed by atoms with Crippen LogP contribution < -0.4 is 10.7 Å². The van der Waals surface area contributed by atoms with Crippen molar-refractivity contribution in [1.82, 2.24) is 9.55 Å². The lowest BCUT2D eigenvalue weighted by Gasteiger charge is -2.20. The van der Waals surface area contributed by atoms with E-state index < -0.39 is 0 Å². The van der Waals surface area contributed by atoms with Gasteiger partial charge in [-0.1, -0.05) is 43.3 Å².